The van der Waals surface area contributed by atoms with Crippen molar-refractivity contribution in [2.24, 2.45) is 5.41 Å². The lowest BCUT2D eigenvalue weighted by molar-refractivity contribution is -0.153. The number of piperidine rings is 1. The van der Waals surface area contributed by atoms with Gasteiger partial charge < -0.3 is 19.8 Å². The zero-order valence-electron chi connectivity index (χ0n) is 21.7. The molecule has 1 aliphatic rings. The van der Waals surface area contributed by atoms with Crippen LogP contribution in [0.4, 0.5) is 17.6 Å². The standard InChI is InChI=1S/C29H32F4N2O4/c1-39-20-4-5-25-21(15-20)26(19(17-36)16-34-25)22(30)6-7-29(28(37)38)8-11-35(12-9-29)10-2-3-18-13-23(31)27(33)24(32)14-18/h4-5,13-16,22,36H,2-3,6-12,17H2,1H3,(H,37,38)/t22-/m1/s1. The van der Waals surface area contributed by atoms with Crippen molar-refractivity contribution in [3.8, 4) is 5.75 Å². The molecule has 0 radical (unpaired) electrons. The molecule has 0 spiro atoms. The monoisotopic (exact) mass is 548 g/mol. The summed E-state index contributed by atoms with van der Waals surface area (Å²) in [6.45, 7) is 1.18. The number of aliphatic carboxylic acids is 1. The topological polar surface area (TPSA) is 82.9 Å². The highest BCUT2D eigenvalue weighted by molar-refractivity contribution is 5.85. The third-order valence-corrected chi connectivity index (χ3v) is 7.81. The molecule has 0 saturated carbocycles. The lowest BCUT2D eigenvalue weighted by Gasteiger charge is -2.39. The van der Waals surface area contributed by atoms with Crippen molar-refractivity contribution in [2.75, 3.05) is 26.7 Å². The SMILES string of the molecule is COc1ccc2ncc(CO)c([C@H](F)CCC3(C(=O)O)CCN(CCCc4cc(F)c(F)c(F)c4)CC3)c2c1. The van der Waals surface area contributed by atoms with Crippen molar-refractivity contribution >= 4 is 16.9 Å². The molecule has 1 fully saturated rings. The largest absolute Gasteiger partial charge is 0.497 e. The van der Waals surface area contributed by atoms with Crippen LogP contribution in [0.2, 0.25) is 0 Å². The van der Waals surface area contributed by atoms with Crippen LogP contribution in [-0.2, 0) is 17.8 Å². The van der Waals surface area contributed by atoms with Gasteiger partial charge in [-0.15, -0.1) is 0 Å². The van der Waals surface area contributed by atoms with Gasteiger partial charge in [-0.2, -0.15) is 0 Å². The van der Waals surface area contributed by atoms with Crippen LogP contribution < -0.4 is 4.74 Å². The summed E-state index contributed by atoms with van der Waals surface area (Å²) >= 11 is 0. The van der Waals surface area contributed by atoms with E-state index in [4.69, 9.17) is 4.74 Å². The van der Waals surface area contributed by atoms with Crippen LogP contribution in [0, 0.1) is 22.9 Å². The van der Waals surface area contributed by atoms with E-state index in [-0.39, 0.29) is 12.8 Å². The van der Waals surface area contributed by atoms with Gasteiger partial charge in [0.05, 0.1) is 24.6 Å². The number of carboxylic acid groups (broad SMARTS) is 1. The molecule has 2 aromatic carbocycles. The highest BCUT2D eigenvalue weighted by atomic mass is 19.2. The van der Waals surface area contributed by atoms with Crippen LogP contribution in [0.5, 0.6) is 5.75 Å². The molecular weight excluding hydrogens is 516 g/mol. The van der Waals surface area contributed by atoms with Crippen molar-refractivity contribution in [1.82, 2.24) is 9.88 Å². The van der Waals surface area contributed by atoms with Gasteiger partial charge in [-0.25, -0.2) is 17.6 Å². The molecule has 1 aliphatic heterocycles. The van der Waals surface area contributed by atoms with E-state index >= 15 is 4.39 Å². The number of rotatable bonds is 11. The van der Waals surface area contributed by atoms with Gasteiger partial charge in [0.25, 0.3) is 0 Å². The number of hydrogen-bond donors (Lipinski definition) is 2. The van der Waals surface area contributed by atoms with Gasteiger partial charge in [0, 0.05) is 22.7 Å². The second kappa shape index (κ2) is 12.3. The zero-order valence-corrected chi connectivity index (χ0v) is 21.7. The first-order valence-corrected chi connectivity index (χ1v) is 13.0. The zero-order chi connectivity index (χ0) is 28.2. The summed E-state index contributed by atoms with van der Waals surface area (Å²) in [6.07, 6.45) is 1.64. The maximum absolute atomic E-state index is 15.8. The number of halogens is 4. The third-order valence-electron chi connectivity index (χ3n) is 7.81. The molecule has 4 rings (SSSR count). The number of alkyl halides is 1. The Labute approximate surface area is 224 Å². The van der Waals surface area contributed by atoms with E-state index in [0.29, 0.717) is 78.7 Å². The van der Waals surface area contributed by atoms with E-state index in [0.717, 1.165) is 12.1 Å². The lowest BCUT2D eigenvalue weighted by atomic mass is 9.74. The number of aliphatic hydroxyl groups excluding tert-OH is 1. The number of aliphatic hydroxyl groups is 1. The van der Waals surface area contributed by atoms with Crippen molar-refractivity contribution in [3.05, 3.63) is 70.7 Å². The van der Waals surface area contributed by atoms with Crippen LogP contribution in [0.25, 0.3) is 10.9 Å². The van der Waals surface area contributed by atoms with Crippen LogP contribution in [0.1, 0.15) is 55.0 Å². The number of aromatic nitrogens is 1. The van der Waals surface area contributed by atoms with Crippen molar-refractivity contribution in [2.45, 2.75) is 51.3 Å². The highest BCUT2D eigenvalue weighted by Gasteiger charge is 2.41. The maximum Gasteiger partial charge on any atom is 0.309 e. The average molecular weight is 549 g/mol. The lowest BCUT2D eigenvalue weighted by Crippen LogP contribution is -2.44. The molecule has 0 bridgehead atoms. The summed E-state index contributed by atoms with van der Waals surface area (Å²) in [5.41, 5.74) is 0.486. The molecule has 6 nitrogen and oxygen atoms in total. The summed E-state index contributed by atoms with van der Waals surface area (Å²) in [4.78, 5) is 18.7. The minimum absolute atomic E-state index is 0.0304. The molecule has 1 aromatic heterocycles. The smallest absolute Gasteiger partial charge is 0.309 e. The molecular formula is C29H32F4N2O4. The average Bonchev–Trinajstić information content (AvgIpc) is 2.94. The fourth-order valence-electron chi connectivity index (χ4n) is 5.44. The van der Waals surface area contributed by atoms with Gasteiger partial charge in [-0.05, 0) is 94.1 Å². The number of likely N-dealkylation sites (tertiary alicyclic amines) is 1. The normalized spacial score (nSPS) is 16.4. The van der Waals surface area contributed by atoms with E-state index in [1.165, 1.54) is 13.3 Å². The first-order valence-electron chi connectivity index (χ1n) is 13.0. The quantitative estimate of drug-likeness (QED) is 0.235. The Balaban J connectivity index is 1.38. The minimum Gasteiger partial charge on any atom is -0.497 e. The second-order valence-corrected chi connectivity index (χ2v) is 10.1. The van der Waals surface area contributed by atoms with Crippen molar-refractivity contribution in [1.29, 1.82) is 0 Å². The molecule has 0 unspecified atom stereocenters. The van der Waals surface area contributed by atoms with Gasteiger partial charge in [0.1, 0.15) is 11.9 Å². The molecule has 0 amide bonds. The molecule has 1 atom stereocenters. The van der Waals surface area contributed by atoms with Crippen LogP contribution in [0.3, 0.4) is 0 Å². The Bertz CT molecular complexity index is 1300. The fraction of sp³-hybridized carbons (Fsp3) is 0.448. The van der Waals surface area contributed by atoms with Gasteiger partial charge in [0.2, 0.25) is 0 Å². The molecule has 2 N–H and O–H groups in total. The molecule has 10 heteroatoms. The summed E-state index contributed by atoms with van der Waals surface area (Å²) in [7, 11) is 1.50. The Hall–Kier alpha value is -3.24. The highest BCUT2D eigenvalue weighted by Crippen LogP contribution is 2.41. The van der Waals surface area contributed by atoms with E-state index in [1.807, 2.05) is 0 Å². The molecule has 2 heterocycles. The van der Waals surface area contributed by atoms with Crippen LogP contribution >= 0.6 is 0 Å². The first-order chi connectivity index (χ1) is 18.7. The van der Waals surface area contributed by atoms with E-state index < -0.39 is 41.6 Å². The summed E-state index contributed by atoms with van der Waals surface area (Å²) in [5, 5.41) is 20.4. The fourth-order valence-corrected chi connectivity index (χ4v) is 5.44. The third kappa shape index (κ3) is 6.33. The summed E-state index contributed by atoms with van der Waals surface area (Å²) in [5.74, 6) is -4.36. The Morgan fingerprint density at radius 3 is 2.46 bits per heavy atom. The first kappa shape index (κ1) is 28.8. The van der Waals surface area contributed by atoms with E-state index in [2.05, 4.69) is 9.88 Å². The van der Waals surface area contributed by atoms with Crippen molar-refractivity contribution in [3.63, 3.8) is 0 Å². The van der Waals surface area contributed by atoms with Gasteiger partial charge >= 0.3 is 5.97 Å². The van der Waals surface area contributed by atoms with Crippen LogP contribution in [0.15, 0.2) is 36.5 Å². The number of carbonyl (C=O) groups is 1. The molecule has 39 heavy (non-hydrogen) atoms. The van der Waals surface area contributed by atoms with Gasteiger partial charge in [-0.3, -0.25) is 9.78 Å². The number of hydrogen-bond acceptors (Lipinski definition) is 5. The number of pyridine rings is 1. The molecule has 0 aliphatic carbocycles. The number of fused-ring (bicyclic) bond motifs is 1. The number of carboxylic acids is 1. The number of nitrogens with zero attached hydrogens (tertiary/aromatic N) is 2. The molecule has 210 valence electrons. The summed E-state index contributed by atoms with van der Waals surface area (Å²) < 4.78 is 61.1. The molecule has 1 saturated heterocycles. The number of benzene rings is 2. The predicted molar refractivity (Wildman–Crippen MR) is 138 cm³/mol. The van der Waals surface area contributed by atoms with Gasteiger partial charge in [0.15, 0.2) is 17.5 Å². The minimum atomic E-state index is -1.50. The predicted octanol–water partition coefficient (Wildman–Crippen LogP) is 5.74. The Kier molecular flexibility index (Phi) is 9.07. The number of ether oxygens (including phenoxy) is 1. The molecule has 3 aromatic rings. The summed E-state index contributed by atoms with van der Waals surface area (Å²) in [6, 6.07) is 7.07. The van der Waals surface area contributed by atoms with Crippen LogP contribution in [-0.4, -0.2) is 52.8 Å². The van der Waals surface area contributed by atoms with E-state index in [1.54, 1.807) is 18.2 Å². The van der Waals surface area contributed by atoms with Crippen molar-refractivity contribution < 1.29 is 37.3 Å². The number of methoxy groups -OCH3 is 1. The number of aryl methyl sites for hydroxylation is 1. The Morgan fingerprint density at radius 1 is 1.15 bits per heavy atom. The maximum atomic E-state index is 15.8. The second-order valence-electron chi connectivity index (χ2n) is 10.1. The Morgan fingerprint density at radius 2 is 1.85 bits per heavy atom. The van der Waals surface area contributed by atoms with Gasteiger partial charge in [-0.1, -0.05) is 0 Å². The van der Waals surface area contributed by atoms with E-state index in [9.17, 15) is 28.2 Å².